The van der Waals surface area contributed by atoms with Crippen LogP contribution in [0.5, 0.6) is 0 Å². The van der Waals surface area contributed by atoms with Crippen LogP contribution in [-0.2, 0) is 0 Å². The van der Waals surface area contributed by atoms with E-state index in [1.165, 1.54) is 0 Å². The first-order valence-corrected chi connectivity index (χ1v) is 6.39. The largest absolute Gasteiger partial charge is 0.303 e. The molecule has 0 aromatic carbocycles. The van der Waals surface area contributed by atoms with Gasteiger partial charge in [0, 0.05) is 12.6 Å². The van der Waals surface area contributed by atoms with E-state index in [1.807, 2.05) is 0 Å². The van der Waals surface area contributed by atoms with Crippen molar-refractivity contribution in [2.24, 2.45) is 5.92 Å². The molecular weight excluding hydrogens is 188 g/mol. The third-order valence-electron chi connectivity index (χ3n) is 3.64. The zero-order chi connectivity index (χ0) is 10.9. The minimum Gasteiger partial charge on any atom is -0.303 e. The monoisotopic (exact) mass is 211 g/mol. The average Bonchev–Trinajstić information content (AvgIpc) is 2.41. The first-order valence-electron chi connectivity index (χ1n) is 5.73. The SMILES string of the molecule is [B][C@@]1(C(C)CC)C[C@@H](P)CN1C(C)C. The Kier molecular flexibility index (Phi) is 4.06. The van der Waals surface area contributed by atoms with Crippen LogP contribution in [0.15, 0.2) is 0 Å². The maximum absolute atomic E-state index is 6.56. The second-order valence-electron chi connectivity index (χ2n) is 5.01. The van der Waals surface area contributed by atoms with Gasteiger partial charge in [-0.2, -0.15) is 0 Å². The quantitative estimate of drug-likeness (QED) is 0.511. The highest BCUT2D eigenvalue weighted by Gasteiger charge is 2.43. The van der Waals surface area contributed by atoms with Crippen LogP contribution in [0.3, 0.4) is 0 Å². The summed E-state index contributed by atoms with van der Waals surface area (Å²) in [5, 5.41) is 0. The average molecular weight is 211 g/mol. The minimum atomic E-state index is -0.0741. The number of nitrogens with zero attached hydrogens (tertiary/aromatic N) is 1. The normalized spacial score (nSPS) is 36.6. The fourth-order valence-electron chi connectivity index (χ4n) is 2.55. The van der Waals surface area contributed by atoms with Crippen molar-refractivity contribution in [2.45, 2.75) is 57.7 Å². The van der Waals surface area contributed by atoms with Crippen molar-refractivity contribution < 1.29 is 0 Å². The highest BCUT2D eigenvalue weighted by atomic mass is 31.0. The summed E-state index contributed by atoms with van der Waals surface area (Å²) in [6.45, 7) is 10.1. The third kappa shape index (κ3) is 2.17. The van der Waals surface area contributed by atoms with E-state index in [9.17, 15) is 0 Å². The standard InChI is InChI=1S/C11H23BNP/c1-5-9(4)11(12)6-10(14)7-13(11)8(2)3/h8-10H,5-7,14H2,1-4H3/t9?,10-,11+/m1/s1. The van der Waals surface area contributed by atoms with E-state index in [4.69, 9.17) is 7.85 Å². The molecule has 1 nitrogen and oxygen atoms in total. The van der Waals surface area contributed by atoms with Gasteiger partial charge < -0.3 is 4.90 Å². The van der Waals surface area contributed by atoms with Crippen molar-refractivity contribution in [3.63, 3.8) is 0 Å². The summed E-state index contributed by atoms with van der Waals surface area (Å²) in [7, 11) is 9.49. The second-order valence-corrected chi connectivity index (χ2v) is 5.95. The van der Waals surface area contributed by atoms with Gasteiger partial charge in [-0.25, -0.2) is 0 Å². The summed E-state index contributed by atoms with van der Waals surface area (Å²) in [4.78, 5) is 2.47. The Hall–Kier alpha value is 0.455. The maximum Gasteiger partial charge on any atom is 0.0961 e. The molecular formula is C11H23BNP. The Labute approximate surface area is 92.6 Å². The van der Waals surface area contributed by atoms with Gasteiger partial charge >= 0.3 is 0 Å². The Balaban J connectivity index is 2.83. The molecule has 0 aromatic rings. The van der Waals surface area contributed by atoms with Crippen molar-refractivity contribution in [3.8, 4) is 0 Å². The zero-order valence-electron chi connectivity index (χ0n) is 9.96. The van der Waals surface area contributed by atoms with Gasteiger partial charge in [0.05, 0.1) is 7.85 Å². The number of hydrogen-bond acceptors (Lipinski definition) is 1. The van der Waals surface area contributed by atoms with E-state index in [2.05, 4.69) is 41.8 Å². The molecule has 0 aliphatic carbocycles. The Morgan fingerprint density at radius 3 is 2.50 bits per heavy atom. The van der Waals surface area contributed by atoms with Crippen molar-refractivity contribution >= 4 is 17.1 Å². The van der Waals surface area contributed by atoms with Crippen LogP contribution in [0, 0.1) is 5.92 Å². The highest BCUT2D eigenvalue weighted by molar-refractivity contribution is 7.17. The summed E-state index contributed by atoms with van der Waals surface area (Å²) in [6.07, 6.45) is 2.28. The van der Waals surface area contributed by atoms with Gasteiger partial charge in [-0.15, -0.1) is 9.24 Å². The van der Waals surface area contributed by atoms with Gasteiger partial charge in [0.25, 0.3) is 0 Å². The van der Waals surface area contributed by atoms with Crippen LogP contribution in [0.1, 0.15) is 40.5 Å². The van der Waals surface area contributed by atoms with Crippen LogP contribution in [-0.4, -0.2) is 36.4 Å². The minimum absolute atomic E-state index is 0.0741. The molecule has 1 fully saturated rings. The van der Waals surface area contributed by atoms with E-state index in [1.54, 1.807) is 0 Å². The Morgan fingerprint density at radius 1 is 1.50 bits per heavy atom. The molecule has 14 heavy (non-hydrogen) atoms. The van der Waals surface area contributed by atoms with Crippen molar-refractivity contribution in [2.75, 3.05) is 6.54 Å². The molecule has 3 heteroatoms. The van der Waals surface area contributed by atoms with Gasteiger partial charge in [-0.05, 0) is 37.3 Å². The Bertz CT molecular complexity index is 198. The van der Waals surface area contributed by atoms with Crippen molar-refractivity contribution in [1.82, 2.24) is 4.90 Å². The molecule has 2 radical (unpaired) electrons. The second kappa shape index (κ2) is 4.53. The lowest BCUT2D eigenvalue weighted by atomic mass is 9.65. The predicted molar refractivity (Wildman–Crippen MR) is 67.9 cm³/mol. The van der Waals surface area contributed by atoms with Crippen LogP contribution < -0.4 is 0 Å². The molecule has 1 aliphatic rings. The highest BCUT2D eigenvalue weighted by Crippen LogP contribution is 2.38. The molecule has 0 spiro atoms. The van der Waals surface area contributed by atoms with Gasteiger partial charge in [-0.1, -0.05) is 20.3 Å². The number of likely N-dealkylation sites (tertiary alicyclic amines) is 1. The molecule has 2 unspecified atom stereocenters. The van der Waals surface area contributed by atoms with E-state index < -0.39 is 0 Å². The molecule has 0 saturated carbocycles. The number of rotatable bonds is 3. The van der Waals surface area contributed by atoms with Crippen LogP contribution in [0.4, 0.5) is 0 Å². The summed E-state index contributed by atoms with van der Waals surface area (Å²) >= 11 is 0. The van der Waals surface area contributed by atoms with Gasteiger partial charge in [0.2, 0.25) is 0 Å². The summed E-state index contributed by atoms with van der Waals surface area (Å²) in [5.41, 5.74) is 0.589. The van der Waals surface area contributed by atoms with Crippen LogP contribution >= 0.6 is 9.24 Å². The lowest BCUT2D eigenvalue weighted by molar-refractivity contribution is 0.121. The molecule has 0 amide bonds. The molecule has 4 atom stereocenters. The summed E-state index contributed by atoms with van der Waals surface area (Å²) in [6, 6.07) is 0.555. The van der Waals surface area contributed by atoms with E-state index >= 15 is 0 Å². The van der Waals surface area contributed by atoms with E-state index in [-0.39, 0.29) is 5.44 Å². The number of hydrogen-bond donors (Lipinski definition) is 0. The molecule has 1 aliphatic heterocycles. The smallest absolute Gasteiger partial charge is 0.0961 e. The molecule has 0 bridgehead atoms. The molecule has 0 aromatic heterocycles. The van der Waals surface area contributed by atoms with E-state index in [0.29, 0.717) is 17.6 Å². The lowest BCUT2D eigenvalue weighted by Gasteiger charge is -2.43. The topological polar surface area (TPSA) is 3.24 Å². The zero-order valence-corrected chi connectivity index (χ0v) is 11.1. The third-order valence-corrected chi connectivity index (χ3v) is 4.09. The maximum atomic E-state index is 6.56. The summed E-state index contributed by atoms with van der Waals surface area (Å²) in [5.74, 6) is 0.579. The fourth-order valence-corrected chi connectivity index (χ4v) is 3.16. The fraction of sp³-hybridized carbons (Fsp3) is 1.00. The van der Waals surface area contributed by atoms with Crippen LogP contribution in [0.2, 0.25) is 0 Å². The molecule has 1 saturated heterocycles. The first-order chi connectivity index (χ1) is 6.41. The van der Waals surface area contributed by atoms with Crippen LogP contribution in [0.25, 0.3) is 0 Å². The molecule has 80 valence electrons. The van der Waals surface area contributed by atoms with E-state index in [0.717, 1.165) is 19.4 Å². The Morgan fingerprint density at radius 2 is 2.07 bits per heavy atom. The summed E-state index contributed by atoms with van der Waals surface area (Å²) < 4.78 is 0. The predicted octanol–water partition coefficient (Wildman–Crippen LogP) is 2.26. The molecule has 1 heterocycles. The van der Waals surface area contributed by atoms with Crippen molar-refractivity contribution in [1.29, 1.82) is 0 Å². The van der Waals surface area contributed by atoms with Gasteiger partial charge in [-0.3, -0.25) is 0 Å². The van der Waals surface area contributed by atoms with Crippen molar-refractivity contribution in [3.05, 3.63) is 0 Å². The molecule has 1 rings (SSSR count). The molecule has 0 N–H and O–H groups in total. The first kappa shape index (κ1) is 12.5. The lowest BCUT2D eigenvalue weighted by Crippen LogP contribution is -2.52. The van der Waals surface area contributed by atoms with Gasteiger partial charge in [0.15, 0.2) is 0 Å². The van der Waals surface area contributed by atoms with Gasteiger partial charge in [0.1, 0.15) is 0 Å².